The number of rotatable bonds is 3. The second-order valence-corrected chi connectivity index (χ2v) is 5.30. The van der Waals surface area contributed by atoms with Crippen molar-refractivity contribution >= 4 is 5.91 Å². The molecule has 1 aliphatic heterocycles. The van der Waals surface area contributed by atoms with Crippen LogP contribution in [-0.2, 0) is 11.8 Å². The fourth-order valence-electron chi connectivity index (χ4n) is 2.68. The second kappa shape index (κ2) is 5.69. The van der Waals surface area contributed by atoms with Crippen molar-refractivity contribution < 1.29 is 9.53 Å². The second-order valence-electron chi connectivity index (χ2n) is 5.30. The Kier molecular flexibility index (Phi) is 3.75. The van der Waals surface area contributed by atoms with E-state index in [1.807, 2.05) is 48.3 Å². The summed E-state index contributed by atoms with van der Waals surface area (Å²) in [5.74, 6) is 0.0201. The van der Waals surface area contributed by atoms with Gasteiger partial charge in [-0.15, -0.1) is 0 Å². The van der Waals surface area contributed by atoms with E-state index < -0.39 is 0 Å². The lowest BCUT2D eigenvalue weighted by Gasteiger charge is -2.15. The number of carbonyl (C=O) groups is 1. The number of aromatic nitrogens is 2. The van der Waals surface area contributed by atoms with Gasteiger partial charge in [-0.1, -0.05) is 30.3 Å². The molecule has 2 aromatic rings. The first kappa shape index (κ1) is 13.8. The van der Waals surface area contributed by atoms with Crippen LogP contribution in [0.25, 0.3) is 11.3 Å². The number of hydrogen-bond donors (Lipinski definition) is 0. The van der Waals surface area contributed by atoms with Crippen LogP contribution in [0.2, 0.25) is 0 Å². The molecule has 110 valence electrons. The Morgan fingerprint density at radius 1 is 1.33 bits per heavy atom. The number of likely N-dealkylation sites (tertiary alicyclic amines) is 1. The van der Waals surface area contributed by atoms with Gasteiger partial charge in [0, 0.05) is 32.8 Å². The largest absolute Gasteiger partial charge is 0.380 e. The average Bonchev–Trinajstić information content (AvgIpc) is 3.14. The molecule has 0 saturated carbocycles. The van der Waals surface area contributed by atoms with Crippen LogP contribution in [0.3, 0.4) is 0 Å². The molecule has 0 unspecified atom stereocenters. The summed E-state index contributed by atoms with van der Waals surface area (Å²) in [6.45, 7) is 1.39. The van der Waals surface area contributed by atoms with Crippen LogP contribution < -0.4 is 0 Å². The number of benzene rings is 1. The van der Waals surface area contributed by atoms with E-state index in [1.165, 1.54) is 0 Å². The molecule has 1 saturated heterocycles. The highest BCUT2D eigenvalue weighted by atomic mass is 16.5. The summed E-state index contributed by atoms with van der Waals surface area (Å²) < 4.78 is 6.97. The smallest absolute Gasteiger partial charge is 0.272 e. The Morgan fingerprint density at radius 3 is 2.76 bits per heavy atom. The van der Waals surface area contributed by atoms with Gasteiger partial charge in [-0.05, 0) is 12.5 Å². The summed E-state index contributed by atoms with van der Waals surface area (Å²) in [6.07, 6.45) is 1.04. The minimum absolute atomic E-state index is 0.0201. The van der Waals surface area contributed by atoms with Gasteiger partial charge in [-0.25, -0.2) is 0 Å². The van der Waals surface area contributed by atoms with E-state index in [0.717, 1.165) is 24.2 Å². The Balaban J connectivity index is 1.83. The SMILES string of the molecule is CO[C@@H]1CCN(C(=O)c2cc(-c3ccccc3)nn2C)C1. The molecule has 5 nitrogen and oxygen atoms in total. The van der Waals surface area contributed by atoms with Gasteiger partial charge in [-0.2, -0.15) is 5.10 Å². The molecule has 1 aromatic heterocycles. The normalized spacial score (nSPS) is 18.2. The van der Waals surface area contributed by atoms with Gasteiger partial charge >= 0.3 is 0 Å². The lowest BCUT2D eigenvalue weighted by Crippen LogP contribution is -2.31. The average molecular weight is 285 g/mol. The zero-order chi connectivity index (χ0) is 14.8. The molecule has 0 spiro atoms. The first-order chi connectivity index (χ1) is 10.2. The highest BCUT2D eigenvalue weighted by molar-refractivity contribution is 5.94. The van der Waals surface area contributed by atoms with E-state index in [1.54, 1.807) is 11.8 Å². The minimum atomic E-state index is 0.0201. The predicted molar refractivity (Wildman–Crippen MR) is 80.0 cm³/mol. The predicted octanol–water partition coefficient (Wildman–Crippen LogP) is 1.95. The topological polar surface area (TPSA) is 47.4 Å². The standard InChI is InChI=1S/C16H19N3O2/c1-18-15(16(20)19-9-8-13(11-19)21-2)10-14(17-18)12-6-4-3-5-7-12/h3-7,10,13H,8-9,11H2,1-2H3/t13-/m1/s1. The van der Waals surface area contributed by atoms with Crippen molar-refractivity contribution in [2.24, 2.45) is 7.05 Å². The van der Waals surface area contributed by atoms with E-state index in [4.69, 9.17) is 4.74 Å². The summed E-state index contributed by atoms with van der Waals surface area (Å²) in [5.41, 5.74) is 2.46. The lowest BCUT2D eigenvalue weighted by molar-refractivity contribution is 0.0714. The highest BCUT2D eigenvalue weighted by Crippen LogP contribution is 2.21. The lowest BCUT2D eigenvalue weighted by atomic mass is 10.1. The van der Waals surface area contributed by atoms with Crippen molar-refractivity contribution in [2.45, 2.75) is 12.5 Å². The van der Waals surface area contributed by atoms with Crippen molar-refractivity contribution in [1.29, 1.82) is 0 Å². The highest BCUT2D eigenvalue weighted by Gasteiger charge is 2.28. The molecule has 1 amide bonds. The number of amides is 1. The summed E-state index contributed by atoms with van der Waals surface area (Å²) in [5, 5.41) is 4.45. The van der Waals surface area contributed by atoms with Gasteiger partial charge in [0.1, 0.15) is 5.69 Å². The minimum Gasteiger partial charge on any atom is -0.380 e. The third-order valence-electron chi connectivity index (χ3n) is 3.93. The van der Waals surface area contributed by atoms with Crippen molar-refractivity contribution in [3.05, 3.63) is 42.1 Å². The van der Waals surface area contributed by atoms with Crippen molar-refractivity contribution in [3.63, 3.8) is 0 Å². The van der Waals surface area contributed by atoms with E-state index in [9.17, 15) is 4.79 Å². The number of aryl methyl sites for hydroxylation is 1. The molecule has 2 heterocycles. The monoisotopic (exact) mass is 285 g/mol. The van der Waals surface area contributed by atoms with E-state index >= 15 is 0 Å². The Labute approximate surface area is 124 Å². The van der Waals surface area contributed by atoms with Gasteiger partial charge in [-0.3, -0.25) is 9.48 Å². The summed E-state index contributed by atoms with van der Waals surface area (Å²) in [6, 6.07) is 11.7. The maximum absolute atomic E-state index is 12.6. The van der Waals surface area contributed by atoms with E-state index in [0.29, 0.717) is 12.2 Å². The Hall–Kier alpha value is -2.14. The third-order valence-corrected chi connectivity index (χ3v) is 3.93. The molecular formula is C16H19N3O2. The molecule has 1 aliphatic rings. The molecule has 3 rings (SSSR count). The molecular weight excluding hydrogens is 266 g/mol. The maximum atomic E-state index is 12.6. The number of ether oxygens (including phenoxy) is 1. The third kappa shape index (κ3) is 2.69. The maximum Gasteiger partial charge on any atom is 0.272 e. The Morgan fingerprint density at radius 2 is 2.10 bits per heavy atom. The summed E-state index contributed by atoms with van der Waals surface area (Å²) in [7, 11) is 3.50. The quantitative estimate of drug-likeness (QED) is 0.866. The zero-order valence-corrected chi connectivity index (χ0v) is 12.3. The van der Waals surface area contributed by atoms with Crippen LogP contribution in [0, 0.1) is 0 Å². The molecule has 1 atom stereocenters. The molecule has 21 heavy (non-hydrogen) atoms. The molecule has 0 aliphatic carbocycles. The van der Waals surface area contributed by atoms with E-state index in [2.05, 4.69) is 5.10 Å². The van der Waals surface area contributed by atoms with Crippen LogP contribution in [0.4, 0.5) is 0 Å². The van der Waals surface area contributed by atoms with Crippen LogP contribution in [0.1, 0.15) is 16.9 Å². The first-order valence-corrected chi connectivity index (χ1v) is 7.10. The number of methoxy groups -OCH3 is 1. The van der Waals surface area contributed by atoms with Gasteiger partial charge in [0.25, 0.3) is 5.91 Å². The van der Waals surface area contributed by atoms with Crippen molar-refractivity contribution in [3.8, 4) is 11.3 Å². The fourth-order valence-corrected chi connectivity index (χ4v) is 2.68. The van der Waals surface area contributed by atoms with Crippen LogP contribution in [0.5, 0.6) is 0 Å². The van der Waals surface area contributed by atoms with Crippen LogP contribution in [0.15, 0.2) is 36.4 Å². The summed E-state index contributed by atoms with van der Waals surface area (Å²) in [4.78, 5) is 14.4. The fraction of sp³-hybridized carbons (Fsp3) is 0.375. The van der Waals surface area contributed by atoms with Gasteiger partial charge in [0.05, 0.1) is 11.8 Å². The van der Waals surface area contributed by atoms with Gasteiger partial charge < -0.3 is 9.64 Å². The molecule has 1 fully saturated rings. The van der Waals surface area contributed by atoms with Crippen LogP contribution in [-0.4, -0.2) is 46.9 Å². The molecule has 1 aromatic carbocycles. The van der Waals surface area contributed by atoms with Gasteiger partial charge in [0.2, 0.25) is 0 Å². The van der Waals surface area contributed by atoms with Crippen LogP contribution >= 0.6 is 0 Å². The van der Waals surface area contributed by atoms with Crippen molar-refractivity contribution in [1.82, 2.24) is 14.7 Å². The zero-order valence-electron chi connectivity index (χ0n) is 12.3. The summed E-state index contributed by atoms with van der Waals surface area (Å²) >= 11 is 0. The number of hydrogen-bond acceptors (Lipinski definition) is 3. The van der Waals surface area contributed by atoms with Gasteiger partial charge in [0.15, 0.2) is 0 Å². The molecule has 0 bridgehead atoms. The van der Waals surface area contributed by atoms with Crippen molar-refractivity contribution in [2.75, 3.05) is 20.2 Å². The molecule has 0 N–H and O–H groups in total. The number of carbonyl (C=O) groups excluding carboxylic acids is 1. The molecule has 0 radical (unpaired) electrons. The number of nitrogens with zero attached hydrogens (tertiary/aromatic N) is 3. The Bertz CT molecular complexity index is 636. The van der Waals surface area contributed by atoms with E-state index in [-0.39, 0.29) is 12.0 Å². The molecule has 5 heteroatoms. The first-order valence-electron chi connectivity index (χ1n) is 7.10.